The molecule has 0 N–H and O–H groups in total. The summed E-state index contributed by atoms with van der Waals surface area (Å²) in [6.45, 7) is 9.02. The molecule has 0 saturated heterocycles. The largest absolute Gasteiger partial charge is 0.0822 e. The molecule has 2 aliphatic rings. The SMILES string of the molecule is CC1=CCC(C)(SSC2(C)C=CC(C)=CC2)C=C1. The molecule has 0 radical (unpaired) electrons. The molecule has 0 nitrogen and oxygen atoms in total. The normalized spacial score (nSPS) is 35.3. The van der Waals surface area contributed by atoms with E-state index in [1.807, 2.05) is 21.6 Å². The topological polar surface area (TPSA) is 0 Å². The molecule has 0 fully saturated rings. The van der Waals surface area contributed by atoms with Crippen molar-refractivity contribution in [2.75, 3.05) is 0 Å². The zero-order valence-corrected chi connectivity index (χ0v) is 13.3. The second-order valence-electron chi connectivity index (χ2n) is 5.76. The summed E-state index contributed by atoms with van der Waals surface area (Å²) in [6.07, 6.45) is 16.2. The van der Waals surface area contributed by atoms with E-state index in [0.29, 0.717) is 0 Å². The second kappa shape index (κ2) is 5.34. The van der Waals surface area contributed by atoms with Gasteiger partial charge in [0.1, 0.15) is 0 Å². The van der Waals surface area contributed by atoms with Crippen LogP contribution in [0.1, 0.15) is 40.5 Å². The van der Waals surface area contributed by atoms with E-state index in [1.165, 1.54) is 11.1 Å². The number of rotatable bonds is 3. The van der Waals surface area contributed by atoms with Crippen LogP contribution < -0.4 is 0 Å². The van der Waals surface area contributed by atoms with Gasteiger partial charge in [0.05, 0.1) is 0 Å². The molecule has 0 bridgehead atoms. The van der Waals surface area contributed by atoms with Gasteiger partial charge in [-0.05, 0) is 40.5 Å². The van der Waals surface area contributed by atoms with Crippen molar-refractivity contribution in [3.8, 4) is 0 Å². The molecule has 98 valence electrons. The van der Waals surface area contributed by atoms with Crippen LogP contribution in [0, 0.1) is 0 Å². The van der Waals surface area contributed by atoms with Gasteiger partial charge in [0.15, 0.2) is 0 Å². The summed E-state index contributed by atoms with van der Waals surface area (Å²) in [5, 5.41) is 0. The Kier molecular flexibility index (Phi) is 4.18. The van der Waals surface area contributed by atoms with E-state index in [0.717, 1.165) is 12.8 Å². The summed E-state index contributed by atoms with van der Waals surface area (Å²) >= 11 is 0. The first-order chi connectivity index (χ1) is 8.41. The number of hydrogen-bond acceptors (Lipinski definition) is 2. The van der Waals surface area contributed by atoms with Crippen LogP contribution in [0.2, 0.25) is 0 Å². The molecule has 0 spiro atoms. The van der Waals surface area contributed by atoms with Gasteiger partial charge in [-0.3, -0.25) is 0 Å². The van der Waals surface area contributed by atoms with Gasteiger partial charge in [0, 0.05) is 9.49 Å². The molecule has 0 amide bonds. The van der Waals surface area contributed by atoms with Crippen LogP contribution in [0.15, 0.2) is 47.6 Å². The Morgan fingerprint density at radius 3 is 1.50 bits per heavy atom. The first-order valence-corrected chi connectivity index (χ1v) is 8.65. The standard InChI is InChI=1S/C16H22S2/c1-13-5-9-15(3,10-6-13)17-18-16(4)11-7-14(2)8-12-16/h5-9,11H,10,12H2,1-4H3. The lowest BCUT2D eigenvalue weighted by atomic mass is 9.98. The lowest BCUT2D eigenvalue weighted by Crippen LogP contribution is -2.21. The van der Waals surface area contributed by atoms with E-state index in [9.17, 15) is 0 Å². The minimum absolute atomic E-state index is 0.247. The van der Waals surface area contributed by atoms with Gasteiger partial charge in [-0.1, -0.05) is 69.2 Å². The molecular weight excluding hydrogens is 256 g/mol. The maximum atomic E-state index is 2.36. The molecule has 2 aliphatic carbocycles. The van der Waals surface area contributed by atoms with Crippen LogP contribution in [0.4, 0.5) is 0 Å². The van der Waals surface area contributed by atoms with Crippen molar-refractivity contribution < 1.29 is 0 Å². The highest BCUT2D eigenvalue weighted by Gasteiger charge is 2.29. The van der Waals surface area contributed by atoms with Gasteiger partial charge in [-0.25, -0.2) is 0 Å². The van der Waals surface area contributed by atoms with Crippen molar-refractivity contribution >= 4 is 21.6 Å². The van der Waals surface area contributed by atoms with Crippen LogP contribution in [0.3, 0.4) is 0 Å². The fraction of sp³-hybridized carbons (Fsp3) is 0.500. The highest BCUT2D eigenvalue weighted by atomic mass is 33.1. The van der Waals surface area contributed by atoms with Crippen molar-refractivity contribution in [3.05, 3.63) is 47.6 Å². The van der Waals surface area contributed by atoms with E-state index in [2.05, 4.69) is 64.2 Å². The van der Waals surface area contributed by atoms with Crippen LogP contribution in [-0.2, 0) is 0 Å². The number of allylic oxidation sites excluding steroid dienone is 6. The Morgan fingerprint density at radius 1 is 0.833 bits per heavy atom. The molecular formula is C16H22S2. The number of hydrogen-bond donors (Lipinski definition) is 0. The smallest absolute Gasteiger partial charge is 0.0452 e. The maximum Gasteiger partial charge on any atom is 0.0452 e. The van der Waals surface area contributed by atoms with Crippen molar-refractivity contribution in [3.63, 3.8) is 0 Å². The van der Waals surface area contributed by atoms with Crippen LogP contribution in [-0.4, -0.2) is 9.49 Å². The summed E-state index contributed by atoms with van der Waals surface area (Å²) in [4.78, 5) is 0. The zero-order chi connectivity index (χ0) is 13.2. The zero-order valence-electron chi connectivity index (χ0n) is 11.7. The Balaban J connectivity index is 1.93. The van der Waals surface area contributed by atoms with E-state index in [-0.39, 0.29) is 9.49 Å². The fourth-order valence-electron chi connectivity index (χ4n) is 1.93. The predicted molar refractivity (Wildman–Crippen MR) is 87.0 cm³/mol. The Labute approximate surface area is 119 Å². The van der Waals surface area contributed by atoms with Gasteiger partial charge in [-0.15, -0.1) is 0 Å². The quantitative estimate of drug-likeness (QED) is 0.607. The van der Waals surface area contributed by atoms with Gasteiger partial charge in [-0.2, -0.15) is 0 Å². The van der Waals surface area contributed by atoms with E-state index < -0.39 is 0 Å². The van der Waals surface area contributed by atoms with Crippen molar-refractivity contribution in [2.45, 2.75) is 50.0 Å². The molecule has 0 aromatic carbocycles. The molecule has 2 unspecified atom stereocenters. The van der Waals surface area contributed by atoms with Crippen LogP contribution in [0.25, 0.3) is 0 Å². The van der Waals surface area contributed by atoms with Gasteiger partial charge in [0.2, 0.25) is 0 Å². The third kappa shape index (κ3) is 3.58. The van der Waals surface area contributed by atoms with E-state index in [1.54, 1.807) is 0 Å². The molecule has 0 saturated carbocycles. The van der Waals surface area contributed by atoms with Crippen molar-refractivity contribution in [1.82, 2.24) is 0 Å². The first kappa shape index (κ1) is 14.1. The summed E-state index contributed by atoms with van der Waals surface area (Å²) < 4.78 is 0.495. The maximum absolute atomic E-state index is 2.36. The lowest BCUT2D eigenvalue weighted by Gasteiger charge is -2.32. The molecule has 0 aliphatic heterocycles. The minimum Gasteiger partial charge on any atom is -0.0822 e. The molecule has 18 heavy (non-hydrogen) atoms. The van der Waals surface area contributed by atoms with Crippen molar-refractivity contribution in [1.29, 1.82) is 0 Å². The summed E-state index contributed by atoms with van der Waals surface area (Å²) in [5.74, 6) is 0. The second-order valence-corrected chi connectivity index (χ2v) is 8.96. The summed E-state index contributed by atoms with van der Waals surface area (Å²) in [6, 6.07) is 0. The minimum atomic E-state index is 0.247. The molecule has 0 aromatic heterocycles. The predicted octanol–water partition coefficient (Wildman–Crippen LogP) is 5.70. The first-order valence-electron chi connectivity index (χ1n) is 6.50. The Morgan fingerprint density at radius 2 is 1.22 bits per heavy atom. The lowest BCUT2D eigenvalue weighted by molar-refractivity contribution is 0.787. The molecule has 2 atom stereocenters. The summed E-state index contributed by atoms with van der Waals surface area (Å²) in [5.41, 5.74) is 2.78. The van der Waals surface area contributed by atoms with E-state index in [4.69, 9.17) is 0 Å². The van der Waals surface area contributed by atoms with Gasteiger partial charge >= 0.3 is 0 Å². The monoisotopic (exact) mass is 278 g/mol. The fourth-order valence-corrected chi connectivity index (χ4v) is 4.74. The van der Waals surface area contributed by atoms with E-state index >= 15 is 0 Å². The van der Waals surface area contributed by atoms with Crippen molar-refractivity contribution in [2.24, 2.45) is 0 Å². The molecule has 0 aromatic rings. The van der Waals surface area contributed by atoms with Gasteiger partial charge in [0.25, 0.3) is 0 Å². The van der Waals surface area contributed by atoms with Crippen LogP contribution in [0.5, 0.6) is 0 Å². The summed E-state index contributed by atoms with van der Waals surface area (Å²) in [7, 11) is 4.03. The highest BCUT2D eigenvalue weighted by molar-refractivity contribution is 8.77. The van der Waals surface area contributed by atoms with Crippen LogP contribution >= 0.6 is 21.6 Å². The average molecular weight is 278 g/mol. The molecule has 2 rings (SSSR count). The van der Waals surface area contributed by atoms with Gasteiger partial charge < -0.3 is 0 Å². The Hall–Kier alpha value is -0.340. The Bertz CT molecular complexity index is 400. The third-order valence-corrected chi connectivity index (χ3v) is 7.46. The highest BCUT2D eigenvalue weighted by Crippen LogP contribution is 2.50. The molecule has 2 heteroatoms. The average Bonchev–Trinajstić information content (AvgIpc) is 2.36. The third-order valence-electron chi connectivity index (χ3n) is 3.48. The molecule has 0 heterocycles.